The highest BCUT2D eigenvalue weighted by atomic mass is 32.2. The number of benzene rings is 1. The molecule has 4 nitrogen and oxygen atoms in total. The zero-order valence-electron chi connectivity index (χ0n) is 9.32. The SMILES string of the molecule is Nc1ccc(S(=O)(=O)NC2CCCC2)c(F)c1. The highest BCUT2D eigenvalue weighted by molar-refractivity contribution is 7.89. The number of nitrogens with two attached hydrogens (primary N) is 1. The van der Waals surface area contributed by atoms with Crippen LogP contribution in [-0.4, -0.2) is 14.5 Å². The van der Waals surface area contributed by atoms with E-state index in [0.717, 1.165) is 31.7 Å². The summed E-state index contributed by atoms with van der Waals surface area (Å²) in [5, 5.41) is 0. The van der Waals surface area contributed by atoms with Crippen LogP contribution in [-0.2, 0) is 10.0 Å². The Morgan fingerprint density at radius 1 is 1.29 bits per heavy atom. The van der Waals surface area contributed by atoms with E-state index in [4.69, 9.17) is 5.73 Å². The van der Waals surface area contributed by atoms with Crippen molar-refractivity contribution < 1.29 is 12.8 Å². The van der Waals surface area contributed by atoms with Crippen molar-refractivity contribution in [1.29, 1.82) is 0 Å². The summed E-state index contributed by atoms with van der Waals surface area (Å²) in [6, 6.07) is 3.52. The van der Waals surface area contributed by atoms with E-state index < -0.39 is 15.8 Å². The molecule has 1 aromatic rings. The normalized spacial score (nSPS) is 17.5. The van der Waals surface area contributed by atoms with Gasteiger partial charge in [-0.15, -0.1) is 0 Å². The molecule has 0 heterocycles. The second kappa shape index (κ2) is 4.62. The van der Waals surface area contributed by atoms with E-state index in [-0.39, 0.29) is 16.6 Å². The Morgan fingerprint density at radius 2 is 1.94 bits per heavy atom. The van der Waals surface area contributed by atoms with Crippen LogP contribution in [0.5, 0.6) is 0 Å². The van der Waals surface area contributed by atoms with Crippen LogP contribution >= 0.6 is 0 Å². The van der Waals surface area contributed by atoms with Gasteiger partial charge in [0.05, 0.1) is 0 Å². The summed E-state index contributed by atoms with van der Waals surface area (Å²) in [4.78, 5) is -0.335. The quantitative estimate of drug-likeness (QED) is 0.809. The van der Waals surface area contributed by atoms with Gasteiger partial charge in [-0.25, -0.2) is 17.5 Å². The van der Waals surface area contributed by atoms with Gasteiger partial charge in [-0.1, -0.05) is 12.8 Å². The third-order valence-electron chi connectivity index (χ3n) is 2.92. The highest BCUT2D eigenvalue weighted by Crippen LogP contribution is 2.22. The molecule has 0 amide bonds. The number of nitrogen functional groups attached to an aromatic ring is 1. The van der Waals surface area contributed by atoms with Crippen LogP contribution in [0.25, 0.3) is 0 Å². The van der Waals surface area contributed by atoms with E-state index in [2.05, 4.69) is 4.72 Å². The lowest BCUT2D eigenvalue weighted by Gasteiger charge is -2.13. The van der Waals surface area contributed by atoms with Crippen LogP contribution in [0.2, 0.25) is 0 Å². The number of hydrogen-bond donors (Lipinski definition) is 2. The Kier molecular flexibility index (Phi) is 3.35. The number of rotatable bonds is 3. The summed E-state index contributed by atoms with van der Waals surface area (Å²) in [7, 11) is -3.77. The maximum absolute atomic E-state index is 13.5. The van der Waals surface area contributed by atoms with E-state index in [1.807, 2.05) is 0 Å². The molecule has 0 radical (unpaired) electrons. The molecule has 17 heavy (non-hydrogen) atoms. The summed E-state index contributed by atoms with van der Waals surface area (Å²) < 4.78 is 39.9. The van der Waals surface area contributed by atoms with Gasteiger partial charge >= 0.3 is 0 Å². The molecule has 1 fully saturated rings. The molecule has 1 aliphatic rings. The Hall–Kier alpha value is -1.14. The first-order valence-corrected chi connectivity index (χ1v) is 7.05. The Labute approximate surface area is 100 Å². The number of sulfonamides is 1. The lowest BCUT2D eigenvalue weighted by molar-refractivity contribution is 0.537. The van der Waals surface area contributed by atoms with Crippen molar-refractivity contribution in [3.05, 3.63) is 24.0 Å². The van der Waals surface area contributed by atoms with Gasteiger partial charge in [0.2, 0.25) is 10.0 Å². The van der Waals surface area contributed by atoms with E-state index >= 15 is 0 Å². The number of nitrogens with one attached hydrogen (secondary N) is 1. The van der Waals surface area contributed by atoms with Crippen molar-refractivity contribution in [3.8, 4) is 0 Å². The van der Waals surface area contributed by atoms with E-state index in [9.17, 15) is 12.8 Å². The molecular weight excluding hydrogens is 243 g/mol. The fourth-order valence-corrected chi connectivity index (χ4v) is 3.43. The summed E-state index contributed by atoms with van der Waals surface area (Å²) in [5.74, 6) is -0.810. The number of anilines is 1. The summed E-state index contributed by atoms with van der Waals surface area (Å²) >= 11 is 0. The molecular formula is C11H15FN2O2S. The largest absolute Gasteiger partial charge is 0.399 e. The third-order valence-corrected chi connectivity index (χ3v) is 4.48. The average Bonchev–Trinajstić information content (AvgIpc) is 2.68. The standard InChI is InChI=1S/C11H15FN2O2S/c12-10-7-8(13)5-6-11(10)17(15,16)14-9-3-1-2-4-9/h5-7,9,14H,1-4,13H2. The van der Waals surface area contributed by atoms with Crippen LogP contribution in [0, 0.1) is 5.82 Å². The second-order valence-corrected chi connectivity index (χ2v) is 5.97. The monoisotopic (exact) mass is 258 g/mol. The molecule has 0 aromatic heterocycles. The number of halogens is 1. The zero-order chi connectivity index (χ0) is 12.5. The molecule has 2 rings (SSSR count). The van der Waals surface area contributed by atoms with Crippen LogP contribution < -0.4 is 10.5 Å². The molecule has 6 heteroatoms. The fraction of sp³-hybridized carbons (Fsp3) is 0.455. The Bertz CT molecular complexity index is 510. The molecule has 0 unspecified atom stereocenters. The predicted octanol–water partition coefficient (Wildman–Crippen LogP) is 1.63. The zero-order valence-corrected chi connectivity index (χ0v) is 10.1. The van der Waals surface area contributed by atoms with Gasteiger partial charge in [0.25, 0.3) is 0 Å². The minimum atomic E-state index is -3.77. The molecule has 0 bridgehead atoms. The number of hydrogen-bond acceptors (Lipinski definition) is 3. The first kappa shape index (κ1) is 12.3. The molecule has 3 N–H and O–H groups in total. The van der Waals surface area contributed by atoms with Gasteiger partial charge in [0, 0.05) is 11.7 Å². The topological polar surface area (TPSA) is 72.2 Å². The molecule has 0 atom stereocenters. The van der Waals surface area contributed by atoms with Crippen molar-refractivity contribution in [2.24, 2.45) is 0 Å². The van der Waals surface area contributed by atoms with Crippen molar-refractivity contribution in [2.45, 2.75) is 36.6 Å². The lowest BCUT2D eigenvalue weighted by atomic mass is 10.3. The van der Waals surface area contributed by atoms with Crippen LogP contribution in [0.4, 0.5) is 10.1 Å². The summed E-state index contributed by atoms with van der Waals surface area (Å²) in [6.07, 6.45) is 3.65. The first-order valence-electron chi connectivity index (χ1n) is 5.56. The minimum absolute atomic E-state index is 0.0723. The first-order chi connectivity index (χ1) is 7.99. The maximum atomic E-state index is 13.5. The van der Waals surface area contributed by atoms with E-state index in [0.29, 0.717) is 0 Å². The highest BCUT2D eigenvalue weighted by Gasteiger charge is 2.25. The minimum Gasteiger partial charge on any atom is -0.399 e. The fourth-order valence-electron chi connectivity index (χ4n) is 2.06. The van der Waals surface area contributed by atoms with Gasteiger partial charge in [0.1, 0.15) is 10.7 Å². The third kappa shape index (κ3) is 2.76. The van der Waals surface area contributed by atoms with Gasteiger partial charge in [-0.2, -0.15) is 0 Å². The molecule has 1 aromatic carbocycles. The van der Waals surface area contributed by atoms with Crippen molar-refractivity contribution in [3.63, 3.8) is 0 Å². The maximum Gasteiger partial charge on any atom is 0.243 e. The second-order valence-electron chi connectivity index (χ2n) is 4.29. The van der Waals surface area contributed by atoms with Gasteiger partial charge in [-0.3, -0.25) is 0 Å². The molecule has 0 saturated heterocycles. The lowest BCUT2D eigenvalue weighted by Crippen LogP contribution is -2.33. The van der Waals surface area contributed by atoms with Crippen molar-refractivity contribution in [2.75, 3.05) is 5.73 Å². The van der Waals surface area contributed by atoms with E-state index in [1.54, 1.807) is 0 Å². The Morgan fingerprint density at radius 3 is 2.53 bits per heavy atom. The Balaban J connectivity index is 2.24. The van der Waals surface area contributed by atoms with Gasteiger partial charge < -0.3 is 5.73 Å². The van der Waals surface area contributed by atoms with Gasteiger partial charge in [0.15, 0.2) is 0 Å². The summed E-state index contributed by atoms with van der Waals surface area (Å²) in [6.45, 7) is 0. The molecule has 0 aliphatic heterocycles. The van der Waals surface area contributed by atoms with Crippen LogP contribution in [0.15, 0.2) is 23.1 Å². The van der Waals surface area contributed by atoms with E-state index in [1.165, 1.54) is 12.1 Å². The summed E-state index contributed by atoms with van der Waals surface area (Å²) in [5.41, 5.74) is 5.59. The smallest absolute Gasteiger partial charge is 0.243 e. The van der Waals surface area contributed by atoms with Crippen molar-refractivity contribution >= 4 is 15.7 Å². The molecule has 1 aliphatic carbocycles. The molecule has 1 saturated carbocycles. The van der Waals surface area contributed by atoms with Crippen LogP contribution in [0.3, 0.4) is 0 Å². The van der Waals surface area contributed by atoms with Gasteiger partial charge in [-0.05, 0) is 31.0 Å². The predicted molar refractivity (Wildman–Crippen MR) is 63.4 cm³/mol. The van der Waals surface area contributed by atoms with Crippen molar-refractivity contribution in [1.82, 2.24) is 4.72 Å². The van der Waals surface area contributed by atoms with Crippen LogP contribution in [0.1, 0.15) is 25.7 Å². The average molecular weight is 258 g/mol. The molecule has 0 spiro atoms. The molecule has 94 valence electrons.